The van der Waals surface area contributed by atoms with Gasteiger partial charge in [-0.1, -0.05) is 53.0 Å². The van der Waals surface area contributed by atoms with Crippen molar-refractivity contribution < 1.29 is 24.2 Å². The first kappa shape index (κ1) is 25.9. The summed E-state index contributed by atoms with van der Waals surface area (Å²) >= 11 is 18.8. The molecule has 2 heterocycles. The molecule has 0 saturated carbocycles. The monoisotopic (exact) mass is 568 g/mol. The molecule has 3 aromatic carbocycles. The molecule has 4 aromatic rings. The van der Waals surface area contributed by atoms with Gasteiger partial charge in [0.05, 0.1) is 23.2 Å². The fourth-order valence-corrected chi connectivity index (χ4v) is 4.79. The second-order valence-electron chi connectivity index (χ2n) is 8.44. The van der Waals surface area contributed by atoms with Gasteiger partial charge in [0.2, 0.25) is 0 Å². The Labute approximate surface area is 232 Å². The summed E-state index contributed by atoms with van der Waals surface area (Å²) in [5.41, 5.74) is 2.36. The molecule has 5 rings (SSSR count). The van der Waals surface area contributed by atoms with Crippen molar-refractivity contribution in [2.45, 2.75) is 12.3 Å². The Morgan fingerprint density at radius 2 is 1.74 bits per heavy atom. The highest BCUT2D eigenvalue weighted by Crippen LogP contribution is 2.48. The second kappa shape index (κ2) is 10.9. The minimum atomic E-state index is -0.976. The van der Waals surface area contributed by atoms with Gasteiger partial charge in [-0.25, -0.2) is 4.98 Å². The van der Waals surface area contributed by atoms with Crippen LogP contribution in [0, 0.1) is 0 Å². The summed E-state index contributed by atoms with van der Waals surface area (Å²) in [6.45, 7) is 0.214. The van der Waals surface area contributed by atoms with Crippen molar-refractivity contribution in [1.82, 2.24) is 4.98 Å². The van der Waals surface area contributed by atoms with E-state index in [0.29, 0.717) is 39.8 Å². The number of ether oxygens (including phenoxy) is 2. The quantitative estimate of drug-likeness (QED) is 0.247. The number of hydrogen-bond acceptors (Lipinski definition) is 5. The summed E-state index contributed by atoms with van der Waals surface area (Å²) in [6, 6.07) is 20.5. The molecule has 10 heteroatoms. The molecule has 1 amide bonds. The van der Waals surface area contributed by atoms with Crippen molar-refractivity contribution in [3.63, 3.8) is 0 Å². The van der Waals surface area contributed by atoms with Crippen LogP contribution in [-0.4, -0.2) is 28.6 Å². The van der Waals surface area contributed by atoms with Gasteiger partial charge in [0.15, 0.2) is 5.75 Å². The first-order chi connectivity index (χ1) is 18.3. The number of nitrogens with zero attached hydrogens (tertiary/aromatic N) is 1. The Morgan fingerprint density at radius 1 is 1.00 bits per heavy atom. The van der Waals surface area contributed by atoms with E-state index in [4.69, 9.17) is 44.3 Å². The molecule has 38 heavy (non-hydrogen) atoms. The number of carbonyl (C=O) groups is 2. The van der Waals surface area contributed by atoms with Crippen LogP contribution in [0.25, 0.3) is 11.3 Å². The lowest BCUT2D eigenvalue weighted by molar-refractivity contribution is -0.139. The predicted octanol–water partition coefficient (Wildman–Crippen LogP) is 7.70. The Balaban J connectivity index is 1.31. The van der Waals surface area contributed by atoms with E-state index in [1.54, 1.807) is 48.5 Å². The van der Waals surface area contributed by atoms with Crippen LogP contribution in [0.2, 0.25) is 15.1 Å². The number of pyridine rings is 1. The normalized spacial score (nSPS) is 14.2. The fourth-order valence-electron chi connectivity index (χ4n) is 4.06. The van der Waals surface area contributed by atoms with E-state index >= 15 is 0 Å². The number of fused-ring (bicyclic) bond motifs is 1. The Hall–Kier alpha value is -3.78. The first-order valence-electron chi connectivity index (χ1n) is 11.5. The van der Waals surface area contributed by atoms with Crippen LogP contribution >= 0.6 is 34.8 Å². The minimum Gasteiger partial charge on any atom is -0.492 e. The highest BCUT2D eigenvalue weighted by atomic mass is 35.5. The molecule has 0 bridgehead atoms. The van der Waals surface area contributed by atoms with Crippen LogP contribution in [0.4, 0.5) is 5.82 Å². The number of amides is 1. The smallest absolute Gasteiger partial charge is 0.311 e. The van der Waals surface area contributed by atoms with Gasteiger partial charge >= 0.3 is 5.97 Å². The summed E-state index contributed by atoms with van der Waals surface area (Å²) in [5.74, 6) is -0.935. The zero-order chi connectivity index (χ0) is 26.8. The lowest BCUT2D eigenvalue weighted by Crippen LogP contribution is -2.21. The van der Waals surface area contributed by atoms with Gasteiger partial charge in [-0.05, 0) is 61.0 Å². The van der Waals surface area contributed by atoms with Crippen LogP contribution in [0.15, 0.2) is 72.8 Å². The van der Waals surface area contributed by atoms with Gasteiger partial charge in [0, 0.05) is 21.7 Å². The van der Waals surface area contributed by atoms with Crippen molar-refractivity contribution >= 4 is 52.5 Å². The molecule has 1 aliphatic rings. The van der Waals surface area contributed by atoms with E-state index in [1.807, 2.05) is 18.2 Å². The standard InChI is InChI=1S/C28H19Cl3N2O5/c29-17-8-4-15(5-9-17)22-2-1-3-23(32-22)33-27(34)16-6-10-18(11-7-16)38-26-21(30)14-20-19(28(35)36)12-13-37-25(20)24(26)31/h1-11,14,19H,12-13H2,(H,35,36)(H,32,33,34). The van der Waals surface area contributed by atoms with E-state index in [9.17, 15) is 14.7 Å². The number of carboxylic acid groups (broad SMARTS) is 1. The number of halogens is 3. The maximum Gasteiger partial charge on any atom is 0.311 e. The molecule has 0 fully saturated rings. The molecule has 0 radical (unpaired) electrons. The average molecular weight is 570 g/mol. The van der Waals surface area contributed by atoms with Crippen molar-refractivity contribution in [2.75, 3.05) is 11.9 Å². The molecule has 1 unspecified atom stereocenters. The molecular formula is C28H19Cl3N2O5. The lowest BCUT2D eigenvalue weighted by Gasteiger charge is -2.25. The predicted molar refractivity (Wildman–Crippen MR) is 146 cm³/mol. The van der Waals surface area contributed by atoms with Gasteiger partial charge in [0.1, 0.15) is 22.3 Å². The number of benzene rings is 3. The molecule has 192 valence electrons. The van der Waals surface area contributed by atoms with E-state index in [2.05, 4.69) is 10.3 Å². The third-order valence-corrected chi connectivity index (χ3v) is 6.83. The maximum absolute atomic E-state index is 12.8. The third kappa shape index (κ3) is 5.41. The molecule has 7 nitrogen and oxygen atoms in total. The minimum absolute atomic E-state index is 0.0897. The zero-order valence-corrected chi connectivity index (χ0v) is 21.8. The topological polar surface area (TPSA) is 97.8 Å². The SMILES string of the molecule is O=C(Nc1cccc(-c2ccc(Cl)cc2)n1)c1ccc(Oc2c(Cl)cc3c(c2Cl)OCCC3C(=O)O)cc1. The molecule has 1 aromatic heterocycles. The van der Waals surface area contributed by atoms with E-state index in [0.717, 1.165) is 5.56 Å². The van der Waals surface area contributed by atoms with Crippen molar-refractivity contribution in [1.29, 1.82) is 0 Å². The Kier molecular flexibility index (Phi) is 7.42. The molecule has 0 spiro atoms. The molecule has 2 N–H and O–H groups in total. The van der Waals surface area contributed by atoms with Crippen LogP contribution in [-0.2, 0) is 4.79 Å². The average Bonchev–Trinajstić information content (AvgIpc) is 2.91. The Bertz CT molecular complexity index is 1530. The highest BCUT2D eigenvalue weighted by Gasteiger charge is 2.32. The van der Waals surface area contributed by atoms with Gasteiger partial charge in [-0.3, -0.25) is 9.59 Å². The largest absolute Gasteiger partial charge is 0.492 e. The third-order valence-electron chi connectivity index (χ3n) is 5.95. The van der Waals surface area contributed by atoms with E-state index in [1.165, 1.54) is 6.07 Å². The molecule has 1 aliphatic heterocycles. The van der Waals surface area contributed by atoms with Gasteiger partial charge in [-0.15, -0.1) is 0 Å². The number of rotatable bonds is 6. The molecule has 0 aliphatic carbocycles. The van der Waals surface area contributed by atoms with Gasteiger partial charge in [-0.2, -0.15) is 0 Å². The van der Waals surface area contributed by atoms with E-state index in [-0.39, 0.29) is 34.1 Å². The molecule has 0 saturated heterocycles. The zero-order valence-electron chi connectivity index (χ0n) is 19.6. The summed E-state index contributed by atoms with van der Waals surface area (Å²) in [5, 5.41) is 13.2. The number of hydrogen-bond donors (Lipinski definition) is 2. The number of carbonyl (C=O) groups excluding carboxylic acids is 1. The van der Waals surface area contributed by atoms with Crippen molar-refractivity contribution in [2.24, 2.45) is 0 Å². The maximum atomic E-state index is 12.8. The Morgan fingerprint density at radius 3 is 2.45 bits per heavy atom. The van der Waals surface area contributed by atoms with Crippen molar-refractivity contribution in [3.05, 3.63) is 99.0 Å². The number of aromatic nitrogens is 1. The second-order valence-corrected chi connectivity index (χ2v) is 9.66. The fraction of sp³-hybridized carbons (Fsp3) is 0.107. The first-order valence-corrected chi connectivity index (χ1v) is 12.6. The van der Waals surface area contributed by atoms with Crippen LogP contribution in [0.5, 0.6) is 17.2 Å². The van der Waals surface area contributed by atoms with Crippen molar-refractivity contribution in [3.8, 4) is 28.5 Å². The summed E-state index contributed by atoms with van der Waals surface area (Å²) in [7, 11) is 0. The molecule has 1 atom stereocenters. The lowest BCUT2D eigenvalue weighted by atomic mass is 9.93. The summed E-state index contributed by atoms with van der Waals surface area (Å²) < 4.78 is 11.5. The van der Waals surface area contributed by atoms with Crippen LogP contribution < -0.4 is 14.8 Å². The van der Waals surface area contributed by atoms with E-state index < -0.39 is 11.9 Å². The number of anilines is 1. The van der Waals surface area contributed by atoms with Crippen LogP contribution in [0.1, 0.15) is 28.3 Å². The number of aliphatic carboxylic acids is 1. The number of nitrogens with one attached hydrogen (secondary N) is 1. The highest BCUT2D eigenvalue weighted by molar-refractivity contribution is 6.38. The summed E-state index contributed by atoms with van der Waals surface area (Å²) in [4.78, 5) is 28.9. The van der Waals surface area contributed by atoms with Crippen LogP contribution in [0.3, 0.4) is 0 Å². The van der Waals surface area contributed by atoms with Gasteiger partial charge in [0.25, 0.3) is 5.91 Å². The summed E-state index contributed by atoms with van der Waals surface area (Å²) in [6.07, 6.45) is 0.319. The molecular weight excluding hydrogens is 551 g/mol. The number of carboxylic acids is 1. The van der Waals surface area contributed by atoms with Gasteiger partial charge < -0.3 is 19.9 Å².